The summed E-state index contributed by atoms with van der Waals surface area (Å²) < 4.78 is 0. The summed E-state index contributed by atoms with van der Waals surface area (Å²) in [6.07, 6.45) is 0. The zero-order valence-corrected chi connectivity index (χ0v) is 8.93. The molecule has 84 valence electrons. The molecular weight excluding hydrogens is 200 g/mol. The molecule has 6 N–H and O–H groups in total. The smallest absolute Gasteiger partial charge is 0.0485 e. The number of para-hydroxylation sites is 2. The Labute approximate surface area is 95.2 Å². The Kier molecular flexibility index (Phi) is 5.47. The van der Waals surface area contributed by atoms with Crippen LogP contribution in [0, 0.1) is 0 Å². The topological polar surface area (TPSA) is 76.1 Å². The van der Waals surface area contributed by atoms with Crippen LogP contribution in [-0.2, 0) is 0 Å². The van der Waals surface area contributed by atoms with E-state index < -0.39 is 0 Å². The van der Waals surface area contributed by atoms with Crippen molar-refractivity contribution < 1.29 is 0 Å². The molecule has 0 aliphatic heterocycles. The van der Waals surface area contributed by atoms with Gasteiger partial charge in [0, 0.05) is 11.4 Å². The maximum Gasteiger partial charge on any atom is 0.0485 e. The molecule has 2 aromatic rings. The van der Waals surface area contributed by atoms with Gasteiger partial charge in [-0.1, -0.05) is 36.4 Å². The fraction of sp³-hybridized carbons (Fsp3) is 0. The molecule has 0 spiro atoms. The number of anilines is 2. The highest BCUT2D eigenvalue weighted by Crippen LogP contribution is 2.01. The third-order valence-corrected chi connectivity index (χ3v) is 1.88. The first-order valence-corrected chi connectivity index (χ1v) is 4.90. The van der Waals surface area contributed by atoms with Gasteiger partial charge >= 0.3 is 0 Å². The predicted molar refractivity (Wildman–Crippen MR) is 68.5 cm³/mol. The second kappa shape index (κ2) is 7.28. The minimum atomic E-state index is 0.938. The standard InChI is InChI=1S/2C6H8N2/c2*7-8-6-4-2-1-3-5-6/h2*1-5,8H,7H2. The highest BCUT2D eigenvalue weighted by atomic mass is 15.2. The second-order valence-corrected chi connectivity index (χ2v) is 3.02. The Morgan fingerprint density at radius 2 is 0.875 bits per heavy atom. The van der Waals surface area contributed by atoms with E-state index in [2.05, 4.69) is 10.9 Å². The van der Waals surface area contributed by atoms with Gasteiger partial charge in [-0.3, -0.25) is 11.7 Å². The lowest BCUT2D eigenvalue weighted by molar-refractivity contribution is 1.35. The average molecular weight is 216 g/mol. The molecular formula is C12H16N4. The van der Waals surface area contributed by atoms with E-state index in [0.29, 0.717) is 0 Å². The molecule has 4 heteroatoms. The fourth-order valence-electron chi connectivity index (χ4n) is 1.07. The van der Waals surface area contributed by atoms with E-state index in [4.69, 9.17) is 11.7 Å². The van der Waals surface area contributed by atoms with Crippen LogP contribution in [0.5, 0.6) is 0 Å². The van der Waals surface area contributed by atoms with E-state index >= 15 is 0 Å². The van der Waals surface area contributed by atoms with Crippen molar-refractivity contribution in [1.29, 1.82) is 0 Å². The summed E-state index contributed by atoms with van der Waals surface area (Å²) in [5.74, 6) is 10.2. The van der Waals surface area contributed by atoms with Crippen LogP contribution in [0.2, 0.25) is 0 Å². The van der Waals surface area contributed by atoms with E-state index in [1.165, 1.54) is 0 Å². The van der Waals surface area contributed by atoms with E-state index in [1.54, 1.807) is 0 Å². The van der Waals surface area contributed by atoms with Gasteiger partial charge in [-0.25, -0.2) is 0 Å². The van der Waals surface area contributed by atoms with Crippen molar-refractivity contribution in [3.05, 3.63) is 60.7 Å². The fourth-order valence-corrected chi connectivity index (χ4v) is 1.07. The summed E-state index contributed by atoms with van der Waals surface area (Å²) in [4.78, 5) is 0. The van der Waals surface area contributed by atoms with Crippen LogP contribution < -0.4 is 22.5 Å². The molecule has 0 radical (unpaired) electrons. The molecule has 0 saturated carbocycles. The Morgan fingerprint density at radius 1 is 0.562 bits per heavy atom. The molecule has 0 saturated heterocycles. The first-order chi connectivity index (χ1) is 7.86. The van der Waals surface area contributed by atoms with E-state index in [0.717, 1.165) is 11.4 Å². The summed E-state index contributed by atoms with van der Waals surface area (Å²) in [5.41, 5.74) is 6.93. The summed E-state index contributed by atoms with van der Waals surface area (Å²) >= 11 is 0. The normalized spacial score (nSPS) is 8.62. The van der Waals surface area contributed by atoms with Crippen LogP contribution in [0.25, 0.3) is 0 Å². The number of rotatable bonds is 2. The lowest BCUT2D eigenvalue weighted by Gasteiger charge is -1.94. The minimum Gasteiger partial charge on any atom is -0.324 e. The Bertz CT molecular complexity index is 335. The van der Waals surface area contributed by atoms with Crippen molar-refractivity contribution in [2.75, 3.05) is 10.9 Å². The third-order valence-electron chi connectivity index (χ3n) is 1.88. The van der Waals surface area contributed by atoms with E-state index in [-0.39, 0.29) is 0 Å². The molecule has 0 unspecified atom stereocenters. The van der Waals surface area contributed by atoms with Crippen LogP contribution in [0.3, 0.4) is 0 Å². The number of hydrazine groups is 2. The van der Waals surface area contributed by atoms with Gasteiger partial charge in [0.1, 0.15) is 0 Å². The van der Waals surface area contributed by atoms with Gasteiger partial charge in [0.15, 0.2) is 0 Å². The van der Waals surface area contributed by atoms with Crippen LogP contribution in [0.15, 0.2) is 60.7 Å². The summed E-state index contributed by atoms with van der Waals surface area (Å²) in [6.45, 7) is 0. The van der Waals surface area contributed by atoms with Crippen molar-refractivity contribution in [2.24, 2.45) is 11.7 Å². The van der Waals surface area contributed by atoms with Gasteiger partial charge < -0.3 is 10.9 Å². The maximum atomic E-state index is 5.10. The maximum absolute atomic E-state index is 5.10. The molecule has 0 amide bonds. The Balaban J connectivity index is 0.000000160. The highest BCUT2D eigenvalue weighted by Gasteiger charge is 1.79. The molecule has 0 heterocycles. The van der Waals surface area contributed by atoms with Crippen molar-refractivity contribution in [3.8, 4) is 0 Å². The molecule has 2 aromatic carbocycles. The van der Waals surface area contributed by atoms with Crippen LogP contribution >= 0.6 is 0 Å². The first-order valence-electron chi connectivity index (χ1n) is 4.90. The summed E-state index contributed by atoms with van der Waals surface area (Å²) in [5, 5.41) is 0. The first kappa shape index (κ1) is 12.0. The van der Waals surface area contributed by atoms with Gasteiger partial charge in [-0.15, -0.1) is 0 Å². The molecule has 0 aliphatic rings. The largest absolute Gasteiger partial charge is 0.324 e. The Morgan fingerprint density at radius 3 is 1.06 bits per heavy atom. The van der Waals surface area contributed by atoms with Crippen molar-refractivity contribution >= 4 is 11.4 Å². The highest BCUT2D eigenvalue weighted by molar-refractivity contribution is 5.41. The number of nitrogens with one attached hydrogen (secondary N) is 2. The average Bonchev–Trinajstić information content (AvgIpc) is 2.41. The Hall–Kier alpha value is -2.04. The number of hydrogen-bond acceptors (Lipinski definition) is 4. The molecule has 4 nitrogen and oxygen atoms in total. The van der Waals surface area contributed by atoms with Crippen LogP contribution in [0.1, 0.15) is 0 Å². The van der Waals surface area contributed by atoms with Gasteiger partial charge in [0.05, 0.1) is 0 Å². The van der Waals surface area contributed by atoms with Gasteiger partial charge in [-0.05, 0) is 24.3 Å². The zero-order chi connectivity index (χ0) is 11.6. The molecule has 0 atom stereocenters. The summed E-state index contributed by atoms with van der Waals surface area (Å²) in [7, 11) is 0. The second-order valence-electron chi connectivity index (χ2n) is 3.02. The molecule has 0 fully saturated rings. The van der Waals surface area contributed by atoms with E-state index in [9.17, 15) is 0 Å². The van der Waals surface area contributed by atoms with Gasteiger partial charge in [0.25, 0.3) is 0 Å². The van der Waals surface area contributed by atoms with Gasteiger partial charge in [-0.2, -0.15) is 0 Å². The quantitative estimate of drug-likeness (QED) is 0.457. The molecule has 2 rings (SSSR count). The van der Waals surface area contributed by atoms with Crippen LogP contribution in [-0.4, -0.2) is 0 Å². The van der Waals surface area contributed by atoms with E-state index in [1.807, 2.05) is 60.7 Å². The summed E-state index contributed by atoms with van der Waals surface area (Å²) in [6, 6.07) is 19.2. The molecule has 0 aromatic heterocycles. The molecule has 0 aliphatic carbocycles. The predicted octanol–water partition coefficient (Wildman–Crippen LogP) is 1.94. The zero-order valence-electron chi connectivity index (χ0n) is 8.93. The van der Waals surface area contributed by atoms with Crippen molar-refractivity contribution in [1.82, 2.24) is 0 Å². The lowest BCUT2D eigenvalue weighted by atomic mass is 10.3. The van der Waals surface area contributed by atoms with Gasteiger partial charge in [0.2, 0.25) is 0 Å². The number of hydrogen-bond donors (Lipinski definition) is 4. The molecule has 0 bridgehead atoms. The number of benzene rings is 2. The monoisotopic (exact) mass is 216 g/mol. The van der Waals surface area contributed by atoms with Crippen molar-refractivity contribution in [2.45, 2.75) is 0 Å². The minimum absolute atomic E-state index is 0.938. The van der Waals surface area contributed by atoms with Crippen molar-refractivity contribution in [3.63, 3.8) is 0 Å². The third kappa shape index (κ3) is 4.45. The number of nitrogens with two attached hydrogens (primary N) is 2. The lowest BCUT2D eigenvalue weighted by Crippen LogP contribution is -2.05. The SMILES string of the molecule is NNc1ccccc1.NNc1ccccc1. The molecule has 16 heavy (non-hydrogen) atoms. The number of nitrogen functional groups attached to an aromatic ring is 2. The van der Waals surface area contributed by atoms with Crippen LogP contribution in [0.4, 0.5) is 11.4 Å².